The first-order valence-corrected chi connectivity index (χ1v) is 9.18. The number of carbonyl (C=O) groups excluding carboxylic acids is 1. The van der Waals surface area contributed by atoms with Crippen molar-refractivity contribution in [2.45, 2.75) is 71.6 Å². The van der Waals surface area contributed by atoms with Crippen LogP contribution < -0.4 is 16.6 Å². The normalized spacial score (nSPS) is 15.6. The summed E-state index contributed by atoms with van der Waals surface area (Å²) in [5.41, 5.74) is -0.0882. The Morgan fingerprint density at radius 3 is 2.44 bits per heavy atom. The van der Waals surface area contributed by atoms with Gasteiger partial charge in [-0.25, -0.2) is 4.79 Å². The number of rotatable bonds is 5. The molecule has 2 aromatic heterocycles. The van der Waals surface area contributed by atoms with Crippen molar-refractivity contribution in [3.8, 4) is 0 Å². The summed E-state index contributed by atoms with van der Waals surface area (Å²) in [7, 11) is 0. The number of aromatic nitrogens is 3. The van der Waals surface area contributed by atoms with Crippen molar-refractivity contribution >= 4 is 16.9 Å². The lowest BCUT2D eigenvalue weighted by atomic mass is 9.95. The standard InChI is InChI=1S/C18H26N4O3/c1-3-21-16-14(17(24)22(4-2)18(21)25)10-11-20(16)12-15(23)19-13-8-6-5-7-9-13/h10-11,13H,3-9,12H2,1-2H3,(H,19,23). The van der Waals surface area contributed by atoms with Gasteiger partial charge in [0.25, 0.3) is 5.56 Å². The largest absolute Gasteiger partial charge is 0.352 e. The van der Waals surface area contributed by atoms with Gasteiger partial charge < -0.3 is 9.88 Å². The van der Waals surface area contributed by atoms with Crippen molar-refractivity contribution in [3.05, 3.63) is 33.1 Å². The summed E-state index contributed by atoms with van der Waals surface area (Å²) in [6, 6.07) is 1.94. The Hall–Kier alpha value is -2.31. The third-order valence-corrected chi connectivity index (χ3v) is 5.04. The van der Waals surface area contributed by atoms with Crippen LogP contribution in [0.3, 0.4) is 0 Å². The number of nitrogens with one attached hydrogen (secondary N) is 1. The summed E-state index contributed by atoms with van der Waals surface area (Å²) in [6.45, 7) is 4.55. The molecule has 1 saturated carbocycles. The van der Waals surface area contributed by atoms with Crippen LogP contribution in [0.5, 0.6) is 0 Å². The first-order chi connectivity index (χ1) is 12.1. The zero-order valence-corrected chi connectivity index (χ0v) is 15.0. The van der Waals surface area contributed by atoms with Gasteiger partial charge in [0.2, 0.25) is 5.91 Å². The van der Waals surface area contributed by atoms with Crippen LogP contribution >= 0.6 is 0 Å². The molecule has 0 saturated heterocycles. The summed E-state index contributed by atoms with van der Waals surface area (Å²) in [5, 5.41) is 3.56. The van der Waals surface area contributed by atoms with E-state index < -0.39 is 0 Å². The Morgan fingerprint density at radius 1 is 1.12 bits per heavy atom. The van der Waals surface area contributed by atoms with Crippen LogP contribution in [0.2, 0.25) is 0 Å². The fourth-order valence-electron chi connectivity index (χ4n) is 3.77. The van der Waals surface area contributed by atoms with E-state index in [1.54, 1.807) is 28.3 Å². The van der Waals surface area contributed by atoms with Gasteiger partial charge in [-0.3, -0.25) is 18.7 Å². The van der Waals surface area contributed by atoms with E-state index in [4.69, 9.17) is 0 Å². The zero-order chi connectivity index (χ0) is 18.0. The van der Waals surface area contributed by atoms with Crippen LogP contribution in [0.25, 0.3) is 11.0 Å². The van der Waals surface area contributed by atoms with Crippen LogP contribution in [-0.2, 0) is 24.4 Å². The number of aryl methyl sites for hydroxylation is 1. The van der Waals surface area contributed by atoms with Gasteiger partial charge in [-0.1, -0.05) is 19.3 Å². The number of carbonyl (C=O) groups is 1. The van der Waals surface area contributed by atoms with Crippen molar-refractivity contribution in [1.29, 1.82) is 0 Å². The van der Waals surface area contributed by atoms with Gasteiger partial charge in [-0.2, -0.15) is 0 Å². The molecule has 7 nitrogen and oxygen atoms in total. The third kappa shape index (κ3) is 3.27. The molecule has 1 aliphatic carbocycles. The quantitative estimate of drug-likeness (QED) is 0.890. The van der Waals surface area contributed by atoms with Gasteiger partial charge >= 0.3 is 5.69 Å². The highest BCUT2D eigenvalue weighted by Gasteiger charge is 2.19. The predicted molar refractivity (Wildman–Crippen MR) is 96.8 cm³/mol. The van der Waals surface area contributed by atoms with Crippen LogP contribution in [-0.4, -0.2) is 25.7 Å². The van der Waals surface area contributed by atoms with E-state index in [0.29, 0.717) is 24.1 Å². The number of hydrogen-bond acceptors (Lipinski definition) is 3. The summed E-state index contributed by atoms with van der Waals surface area (Å²) in [5.74, 6) is -0.0702. The van der Waals surface area contributed by atoms with E-state index in [1.807, 2.05) is 6.92 Å². The average Bonchev–Trinajstić information content (AvgIpc) is 3.00. The van der Waals surface area contributed by atoms with Crippen molar-refractivity contribution in [2.24, 2.45) is 0 Å². The Bertz CT molecular complexity index is 884. The van der Waals surface area contributed by atoms with Crippen LogP contribution in [0.4, 0.5) is 0 Å². The highest BCUT2D eigenvalue weighted by Crippen LogP contribution is 2.17. The minimum Gasteiger partial charge on any atom is -0.352 e. The van der Waals surface area contributed by atoms with Crippen LogP contribution in [0.15, 0.2) is 21.9 Å². The molecule has 1 fully saturated rings. The Morgan fingerprint density at radius 2 is 1.80 bits per heavy atom. The molecule has 3 rings (SSSR count). The summed E-state index contributed by atoms with van der Waals surface area (Å²) in [6.07, 6.45) is 7.32. The van der Waals surface area contributed by atoms with Crippen LogP contribution in [0, 0.1) is 0 Å². The maximum absolute atomic E-state index is 12.5. The van der Waals surface area contributed by atoms with E-state index >= 15 is 0 Å². The topological polar surface area (TPSA) is 78.0 Å². The first-order valence-electron chi connectivity index (χ1n) is 9.18. The van der Waals surface area contributed by atoms with Gasteiger partial charge in [0.1, 0.15) is 12.2 Å². The zero-order valence-electron chi connectivity index (χ0n) is 15.0. The predicted octanol–water partition coefficient (Wildman–Crippen LogP) is 1.45. The highest BCUT2D eigenvalue weighted by molar-refractivity contribution is 5.80. The first kappa shape index (κ1) is 17.5. The van der Waals surface area contributed by atoms with E-state index in [-0.39, 0.29) is 29.7 Å². The number of fused-ring (bicyclic) bond motifs is 1. The van der Waals surface area contributed by atoms with Gasteiger partial charge in [-0.15, -0.1) is 0 Å². The average molecular weight is 346 g/mol. The molecule has 2 heterocycles. The molecule has 0 spiro atoms. The molecule has 2 aromatic rings. The SMILES string of the molecule is CCn1c(=O)c2ccn(CC(=O)NC3CCCCC3)c2n(CC)c1=O. The monoisotopic (exact) mass is 346 g/mol. The molecular formula is C18H26N4O3. The van der Waals surface area contributed by atoms with E-state index in [9.17, 15) is 14.4 Å². The second-order valence-electron chi connectivity index (χ2n) is 6.66. The fourth-order valence-corrected chi connectivity index (χ4v) is 3.77. The second kappa shape index (κ2) is 7.29. The molecule has 0 aliphatic heterocycles. The molecule has 0 bridgehead atoms. The van der Waals surface area contributed by atoms with Crippen molar-refractivity contribution in [3.63, 3.8) is 0 Å². The minimum absolute atomic E-state index is 0.0702. The van der Waals surface area contributed by atoms with Gasteiger partial charge in [0.05, 0.1) is 5.39 Å². The molecule has 25 heavy (non-hydrogen) atoms. The van der Waals surface area contributed by atoms with Gasteiger partial charge in [0.15, 0.2) is 0 Å². The molecule has 0 radical (unpaired) electrons. The van der Waals surface area contributed by atoms with Crippen molar-refractivity contribution < 1.29 is 4.79 Å². The maximum Gasteiger partial charge on any atom is 0.332 e. The summed E-state index contributed by atoms with van der Waals surface area (Å²) in [4.78, 5) is 37.4. The fraction of sp³-hybridized carbons (Fsp3) is 0.611. The molecule has 1 aliphatic rings. The van der Waals surface area contributed by atoms with E-state index in [0.717, 1.165) is 25.7 Å². The van der Waals surface area contributed by atoms with Gasteiger partial charge in [-0.05, 0) is 32.8 Å². The molecular weight excluding hydrogens is 320 g/mol. The molecule has 0 aromatic carbocycles. The minimum atomic E-state index is -0.324. The third-order valence-electron chi connectivity index (χ3n) is 5.04. The Kier molecular flexibility index (Phi) is 5.11. The van der Waals surface area contributed by atoms with Crippen molar-refractivity contribution in [2.75, 3.05) is 0 Å². The highest BCUT2D eigenvalue weighted by atomic mass is 16.2. The number of hydrogen-bond donors (Lipinski definition) is 1. The van der Waals surface area contributed by atoms with E-state index in [2.05, 4.69) is 5.32 Å². The smallest absolute Gasteiger partial charge is 0.332 e. The summed E-state index contributed by atoms with van der Waals surface area (Å²) >= 11 is 0. The lowest BCUT2D eigenvalue weighted by Gasteiger charge is -2.23. The number of nitrogens with zero attached hydrogens (tertiary/aromatic N) is 3. The summed E-state index contributed by atoms with van der Waals surface area (Å²) < 4.78 is 4.51. The number of amides is 1. The molecule has 1 N–H and O–H groups in total. The Balaban J connectivity index is 1.93. The second-order valence-corrected chi connectivity index (χ2v) is 6.66. The maximum atomic E-state index is 12.5. The van der Waals surface area contributed by atoms with Crippen molar-refractivity contribution in [1.82, 2.24) is 19.0 Å². The molecule has 0 atom stereocenters. The Labute approximate surface area is 146 Å². The lowest BCUT2D eigenvalue weighted by Crippen LogP contribution is -2.41. The lowest BCUT2D eigenvalue weighted by molar-refractivity contribution is -0.122. The molecule has 0 unspecified atom stereocenters. The molecule has 7 heteroatoms. The van der Waals surface area contributed by atoms with Crippen LogP contribution in [0.1, 0.15) is 46.0 Å². The van der Waals surface area contributed by atoms with E-state index in [1.165, 1.54) is 11.0 Å². The molecule has 136 valence electrons. The van der Waals surface area contributed by atoms with Gasteiger partial charge in [0, 0.05) is 25.3 Å². The molecule has 1 amide bonds.